The number of nitrogens with one attached hydrogen (secondary N) is 1. The van der Waals surface area contributed by atoms with Gasteiger partial charge in [-0.2, -0.15) is 0 Å². The van der Waals surface area contributed by atoms with Crippen molar-refractivity contribution in [3.8, 4) is 5.75 Å². The van der Waals surface area contributed by atoms with Crippen molar-refractivity contribution in [2.45, 2.75) is 40.2 Å². The van der Waals surface area contributed by atoms with E-state index < -0.39 is 6.10 Å². The summed E-state index contributed by atoms with van der Waals surface area (Å²) in [5, 5.41) is 2.97. The number of hydrogen-bond acceptors (Lipinski definition) is 3. The predicted molar refractivity (Wildman–Crippen MR) is 108 cm³/mol. The molecule has 2 rings (SSSR count). The minimum Gasteiger partial charge on any atom is -0.481 e. The SMILES string of the molecule is Cc1cc(C)c(C)c(O[C@@H](C)C(=O)NCCCN(C)c2ccccc2)c1. The second-order valence-corrected chi connectivity index (χ2v) is 6.87. The molecule has 0 saturated heterocycles. The van der Waals surface area contributed by atoms with Crippen LogP contribution >= 0.6 is 0 Å². The van der Waals surface area contributed by atoms with Crippen LogP contribution in [0.25, 0.3) is 0 Å². The van der Waals surface area contributed by atoms with Gasteiger partial charge < -0.3 is 15.0 Å². The highest BCUT2D eigenvalue weighted by molar-refractivity contribution is 5.80. The van der Waals surface area contributed by atoms with Crippen molar-refractivity contribution < 1.29 is 9.53 Å². The summed E-state index contributed by atoms with van der Waals surface area (Å²) < 4.78 is 5.89. The van der Waals surface area contributed by atoms with Crippen LogP contribution in [0.15, 0.2) is 42.5 Å². The van der Waals surface area contributed by atoms with Gasteiger partial charge in [-0.15, -0.1) is 0 Å². The predicted octanol–water partition coefficient (Wildman–Crippen LogP) is 4.02. The van der Waals surface area contributed by atoms with Crippen LogP contribution in [0.5, 0.6) is 5.75 Å². The lowest BCUT2D eigenvalue weighted by molar-refractivity contribution is -0.127. The molecular formula is C22H30N2O2. The number of para-hydroxylation sites is 1. The van der Waals surface area contributed by atoms with E-state index in [4.69, 9.17) is 4.74 Å². The van der Waals surface area contributed by atoms with Gasteiger partial charge in [0.2, 0.25) is 0 Å². The molecule has 0 aliphatic heterocycles. The molecule has 0 fully saturated rings. The Kier molecular flexibility index (Phi) is 7.07. The Hall–Kier alpha value is -2.49. The number of rotatable bonds is 8. The molecule has 0 unspecified atom stereocenters. The lowest BCUT2D eigenvalue weighted by atomic mass is 10.1. The van der Waals surface area contributed by atoms with Crippen LogP contribution in [-0.4, -0.2) is 32.1 Å². The van der Waals surface area contributed by atoms with Crippen LogP contribution in [-0.2, 0) is 4.79 Å². The zero-order valence-electron chi connectivity index (χ0n) is 16.5. The molecule has 1 amide bonds. The molecule has 1 atom stereocenters. The maximum atomic E-state index is 12.3. The van der Waals surface area contributed by atoms with E-state index >= 15 is 0 Å². The molecule has 0 aliphatic rings. The first-order valence-corrected chi connectivity index (χ1v) is 9.17. The number of aryl methyl sites for hydroxylation is 2. The van der Waals surface area contributed by atoms with Gasteiger partial charge in [-0.3, -0.25) is 4.79 Å². The summed E-state index contributed by atoms with van der Waals surface area (Å²) in [6.07, 6.45) is 0.369. The average molecular weight is 354 g/mol. The quantitative estimate of drug-likeness (QED) is 0.728. The van der Waals surface area contributed by atoms with Crippen LogP contribution in [0, 0.1) is 20.8 Å². The van der Waals surface area contributed by atoms with Gasteiger partial charge in [0.25, 0.3) is 5.91 Å². The fraction of sp³-hybridized carbons (Fsp3) is 0.409. The molecule has 4 heteroatoms. The second-order valence-electron chi connectivity index (χ2n) is 6.87. The molecule has 26 heavy (non-hydrogen) atoms. The van der Waals surface area contributed by atoms with Gasteiger partial charge >= 0.3 is 0 Å². The van der Waals surface area contributed by atoms with Crippen LogP contribution < -0.4 is 15.0 Å². The van der Waals surface area contributed by atoms with Gasteiger partial charge in [0.05, 0.1) is 0 Å². The molecule has 2 aromatic carbocycles. The van der Waals surface area contributed by atoms with E-state index in [0.29, 0.717) is 6.54 Å². The third kappa shape index (κ3) is 5.51. The first-order chi connectivity index (χ1) is 12.4. The number of ether oxygens (including phenoxy) is 1. The monoisotopic (exact) mass is 354 g/mol. The van der Waals surface area contributed by atoms with E-state index in [1.165, 1.54) is 11.3 Å². The Labute approximate surface area is 157 Å². The van der Waals surface area contributed by atoms with E-state index in [9.17, 15) is 4.79 Å². The normalized spacial score (nSPS) is 11.7. The Morgan fingerprint density at radius 2 is 1.85 bits per heavy atom. The number of benzene rings is 2. The number of carbonyl (C=O) groups excluding carboxylic acids is 1. The summed E-state index contributed by atoms with van der Waals surface area (Å²) in [4.78, 5) is 14.5. The average Bonchev–Trinajstić information content (AvgIpc) is 2.63. The maximum Gasteiger partial charge on any atom is 0.260 e. The topological polar surface area (TPSA) is 41.6 Å². The summed E-state index contributed by atoms with van der Waals surface area (Å²) in [6, 6.07) is 14.3. The smallest absolute Gasteiger partial charge is 0.260 e. The lowest BCUT2D eigenvalue weighted by Crippen LogP contribution is -2.37. The number of anilines is 1. The van der Waals surface area contributed by atoms with Crippen molar-refractivity contribution in [2.24, 2.45) is 0 Å². The summed E-state index contributed by atoms with van der Waals surface area (Å²) in [5.41, 5.74) is 4.58. The van der Waals surface area contributed by atoms with E-state index in [-0.39, 0.29) is 5.91 Å². The highest BCUT2D eigenvalue weighted by Crippen LogP contribution is 2.24. The minimum absolute atomic E-state index is 0.0778. The van der Waals surface area contributed by atoms with Crippen LogP contribution in [0.4, 0.5) is 5.69 Å². The molecule has 0 bridgehead atoms. The van der Waals surface area contributed by atoms with E-state index in [1.54, 1.807) is 6.92 Å². The standard InChI is InChI=1S/C22H30N2O2/c1-16-14-17(2)18(3)21(15-16)26-19(4)22(25)23-12-9-13-24(5)20-10-7-6-8-11-20/h6-8,10-11,14-15,19H,9,12-13H2,1-5H3,(H,23,25)/t19-/m0/s1. The first kappa shape index (κ1) is 19.8. The van der Waals surface area contributed by atoms with Crippen LogP contribution in [0.3, 0.4) is 0 Å². The molecule has 1 N–H and O–H groups in total. The number of amides is 1. The molecule has 0 heterocycles. The molecule has 0 spiro atoms. The molecule has 4 nitrogen and oxygen atoms in total. The molecular weight excluding hydrogens is 324 g/mol. The highest BCUT2D eigenvalue weighted by Gasteiger charge is 2.16. The van der Waals surface area contributed by atoms with E-state index in [0.717, 1.165) is 29.8 Å². The molecule has 0 aliphatic carbocycles. The fourth-order valence-corrected chi connectivity index (χ4v) is 2.85. The Balaban J connectivity index is 1.77. The van der Waals surface area contributed by atoms with E-state index in [2.05, 4.69) is 42.4 Å². The van der Waals surface area contributed by atoms with Crippen LogP contribution in [0.2, 0.25) is 0 Å². The second kappa shape index (κ2) is 9.27. The highest BCUT2D eigenvalue weighted by atomic mass is 16.5. The summed E-state index contributed by atoms with van der Waals surface area (Å²) in [7, 11) is 2.06. The minimum atomic E-state index is -0.512. The summed E-state index contributed by atoms with van der Waals surface area (Å²) in [5.74, 6) is 0.708. The number of hydrogen-bond donors (Lipinski definition) is 1. The van der Waals surface area contributed by atoms with Crippen molar-refractivity contribution >= 4 is 11.6 Å². The largest absolute Gasteiger partial charge is 0.481 e. The number of carbonyl (C=O) groups is 1. The molecule has 140 valence electrons. The Morgan fingerprint density at radius 3 is 2.54 bits per heavy atom. The zero-order chi connectivity index (χ0) is 19.1. The van der Waals surface area contributed by atoms with Gasteiger partial charge in [0.15, 0.2) is 6.10 Å². The maximum absolute atomic E-state index is 12.3. The first-order valence-electron chi connectivity index (χ1n) is 9.17. The fourth-order valence-electron chi connectivity index (χ4n) is 2.85. The van der Waals surface area contributed by atoms with Crippen molar-refractivity contribution in [1.29, 1.82) is 0 Å². The Morgan fingerprint density at radius 1 is 1.15 bits per heavy atom. The molecule has 2 aromatic rings. The summed E-state index contributed by atoms with van der Waals surface area (Å²) >= 11 is 0. The van der Waals surface area contributed by atoms with Gasteiger partial charge in [0.1, 0.15) is 5.75 Å². The van der Waals surface area contributed by atoms with Crippen LogP contribution in [0.1, 0.15) is 30.0 Å². The van der Waals surface area contributed by atoms with Crippen molar-refractivity contribution in [3.63, 3.8) is 0 Å². The zero-order valence-corrected chi connectivity index (χ0v) is 16.5. The summed E-state index contributed by atoms with van der Waals surface area (Å²) in [6.45, 7) is 9.43. The van der Waals surface area contributed by atoms with Gasteiger partial charge in [-0.05, 0) is 69.0 Å². The third-order valence-corrected chi connectivity index (χ3v) is 4.60. The lowest BCUT2D eigenvalue weighted by Gasteiger charge is -2.20. The molecule has 0 saturated carbocycles. The number of nitrogens with zero attached hydrogens (tertiary/aromatic N) is 1. The van der Waals surface area contributed by atoms with E-state index in [1.807, 2.05) is 38.1 Å². The van der Waals surface area contributed by atoms with Crippen molar-refractivity contribution in [2.75, 3.05) is 25.0 Å². The van der Waals surface area contributed by atoms with Gasteiger partial charge in [0, 0.05) is 25.8 Å². The van der Waals surface area contributed by atoms with Crippen molar-refractivity contribution in [3.05, 3.63) is 59.2 Å². The Bertz CT molecular complexity index is 728. The van der Waals surface area contributed by atoms with Crippen molar-refractivity contribution in [1.82, 2.24) is 5.32 Å². The molecule has 0 aromatic heterocycles. The third-order valence-electron chi connectivity index (χ3n) is 4.60. The van der Waals surface area contributed by atoms with Gasteiger partial charge in [-0.1, -0.05) is 24.3 Å². The molecule has 0 radical (unpaired) electrons. The van der Waals surface area contributed by atoms with Gasteiger partial charge in [-0.25, -0.2) is 0 Å².